The summed E-state index contributed by atoms with van der Waals surface area (Å²) in [6.45, 7) is 4.81. The van der Waals surface area contributed by atoms with Gasteiger partial charge in [-0.3, -0.25) is 4.57 Å². The molecule has 0 saturated heterocycles. The van der Waals surface area contributed by atoms with Crippen LogP contribution in [0.4, 0.5) is 0 Å². The average Bonchev–Trinajstić information content (AvgIpc) is 3.22. The summed E-state index contributed by atoms with van der Waals surface area (Å²) in [5.41, 5.74) is 4.53. The molecule has 1 aromatic heterocycles. The fourth-order valence-corrected chi connectivity index (χ4v) is 4.08. The van der Waals surface area contributed by atoms with Gasteiger partial charge in [-0.2, -0.15) is 0 Å². The lowest BCUT2D eigenvalue weighted by atomic mass is 10.1. The van der Waals surface area contributed by atoms with Gasteiger partial charge in [0.2, 0.25) is 0 Å². The molecular formula is C25H24ClN3OS. The molecule has 4 rings (SSSR count). The first kappa shape index (κ1) is 21.5. The van der Waals surface area contributed by atoms with Crippen molar-refractivity contribution in [2.24, 2.45) is 0 Å². The van der Waals surface area contributed by atoms with Crippen LogP contribution in [0.25, 0.3) is 17.1 Å². The van der Waals surface area contributed by atoms with Crippen LogP contribution in [0.1, 0.15) is 18.1 Å². The van der Waals surface area contributed by atoms with Gasteiger partial charge in [-0.15, -0.1) is 10.2 Å². The van der Waals surface area contributed by atoms with E-state index < -0.39 is 0 Å². The van der Waals surface area contributed by atoms with E-state index in [0.29, 0.717) is 11.6 Å². The van der Waals surface area contributed by atoms with Gasteiger partial charge in [0, 0.05) is 22.0 Å². The van der Waals surface area contributed by atoms with Crippen molar-refractivity contribution < 1.29 is 4.74 Å². The number of benzene rings is 3. The van der Waals surface area contributed by atoms with Crippen LogP contribution in [0.3, 0.4) is 0 Å². The fraction of sp³-hybridized carbons (Fsp3) is 0.200. The van der Waals surface area contributed by atoms with Gasteiger partial charge in [0.25, 0.3) is 0 Å². The molecule has 0 aliphatic carbocycles. The van der Waals surface area contributed by atoms with E-state index in [0.717, 1.165) is 40.2 Å². The average molecular weight is 450 g/mol. The molecule has 0 bridgehead atoms. The van der Waals surface area contributed by atoms with Gasteiger partial charge in [0.1, 0.15) is 5.75 Å². The first-order chi connectivity index (χ1) is 15.1. The van der Waals surface area contributed by atoms with Gasteiger partial charge in [0.15, 0.2) is 11.0 Å². The zero-order chi connectivity index (χ0) is 21.6. The van der Waals surface area contributed by atoms with Gasteiger partial charge >= 0.3 is 0 Å². The van der Waals surface area contributed by atoms with E-state index in [4.69, 9.17) is 16.3 Å². The number of hydrogen-bond acceptors (Lipinski definition) is 4. The summed E-state index contributed by atoms with van der Waals surface area (Å²) in [6, 6.07) is 24.3. The van der Waals surface area contributed by atoms with E-state index in [1.54, 1.807) is 11.8 Å². The summed E-state index contributed by atoms with van der Waals surface area (Å²) in [5.74, 6) is 2.44. The Morgan fingerprint density at radius 3 is 2.29 bits per heavy atom. The molecule has 0 aliphatic rings. The lowest BCUT2D eigenvalue weighted by Crippen LogP contribution is -2.03. The molecule has 4 nitrogen and oxygen atoms in total. The van der Waals surface area contributed by atoms with E-state index in [9.17, 15) is 0 Å². The molecule has 6 heteroatoms. The monoisotopic (exact) mass is 449 g/mol. The van der Waals surface area contributed by atoms with Gasteiger partial charge in [-0.25, -0.2) is 0 Å². The highest BCUT2D eigenvalue weighted by atomic mass is 35.5. The highest BCUT2D eigenvalue weighted by molar-refractivity contribution is 7.99. The third-order valence-electron chi connectivity index (χ3n) is 4.94. The Hall–Kier alpha value is -2.76. The summed E-state index contributed by atoms with van der Waals surface area (Å²) in [6.07, 6.45) is 1.00. The number of ether oxygens (including phenoxy) is 1. The van der Waals surface area contributed by atoms with Crippen LogP contribution in [-0.4, -0.2) is 27.1 Å². The summed E-state index contributed by atoms with van der Waals surface area (Å²) >= 11 is 7.71. The molecule has 0 fully saturated rings. The summed E-state index contributed by atoms with van der Waals surface area (Å²) in [4.78, 5) is 0. The third kappa shape index (κ3) is 5.30. The Bertz CT molecular complexity index is 1120. The minimum atomic E-state index is 0.589. The Balaban J connectivity index is 1.56. The van der Waals surface area contributed by atoms with Crippen LogP contribution < -0.4 is 4.74 Å². The topological polar surface area (TPSA) is 39.9 Å². The predicted octanol–water partition coefficient (Wildman–Crippen LogP) is 6.63. The number of rotatable bonds is 8. The molecule has 0 atom stereocenters. The molecule has 1 heterocycles. The van der Waals surface area contributed by atoms with Crippen molar-refractivity contribution in [3.8, 4) is 22.8 Å². The second-order valence-electron chi connectivity index (χ2n) is 7.18. The SMILES string of the molecule is CCc1ccc(-n2c(SCCOc3ccc(C)cc3)nnc2-c2ccc(Cl)cc2)cc1. The Morgan fingerprint density at radius 1 is 0.903 bits per heavy atom. The minimum absolute atomic E-state index is 0.589. The van der Waals surface area contributed by atoms with Crippen LogP contribution in [0.5, 0.6) is 5.75 Å². The molecule has 0 N–H and O–H groups in total. The summed E-state index contributed by atoms with van der Waals surface area (Å²) < 4.78 is 7.97. The molecule has 0 unspecified atom stereocenters. The molecule has 0 spiro atoms. The number of aromatic nitrogens is 3. The van der Waals surface area contributed by atoms with Crippen molar-refractivity contribution in [2.45, 2.75) is 25.4 Å². The number of nitrogens with zero attached hydrogens (tertiary/aromatic N) is 3. The van der Waals surface area contributed by atoms with Crippen molar-refractivity contribution in [3.05, 3.63) is 88.9 Å². The van der Waals surface area contributed by atoms with Crippen LogP contribution >= 0.6 is 23.4 Å². The lowest BCUT2D eigenvalue weighted by Gasteiger charge is -2.11. The Kier molecular flexibility index (Phi) is 6.95. The smallest absolute Gasteiger partial charge is 0.196 e. The van der Waals surface area contributed by atoms with Gasteiger partial charge in [-0.1, -0.05) is 60.1 Å². The Labute approximate surface area is 192 Å². The number of hydrogen-bond donors (Lipinski definition) is 0. The van der Waals surface area contributed by atoms with Crippen LogP contribution in [0, 0.1) is 6.92 Å². The van der Waals surface area contributed by atoms with E-state index in [-0.39, 0.29) is 0 Å². The highest BCUT2D eigenvalue weighted by Crippen LogP contribution is 2.29. The lowest BCUT2D eigenvalue weighted by molar-refractivity contribution is 0.344. The second-order valence-corrected chi connectivity index (χ2v) is 8.68. The number of aryl methyl sites for hydroxylation is 2. The maximum Gasteiger partial charge on any atom is 0.196 e. The van der Waals surface area contributed by atoms with Crippen molar-refractivity contribution in [2.75, 3.05) is 12.4 Å². The van der Waals surface area contributed by atoms with Gasteiger partial charge < -0.3 is 4.74 Å². The molecule has 158 valence electrons. The minimum Gasteiger partial charge on any atom is -0.493 e. The first-order valence-electron chi connectivity index (χ1n) is 10.3. The molecular weight excluding hydrogens is 426 g/mol. The standard InChI is InChI=1S/C25H24ClN3OS/c1-3-19-6-12-22(13-7-19)29-24(20-8-10-21(26)11-9-20)27-28-25(29)31-17-16-30-23-14-4-18(2)5-15-23/h4-15H,3,16-17H2,1-2H3. The van der Waals surface area contributed by atoms with E-state index in [1.165, 1.54) is 11.1 Å². The van der Waals surface area contributed by atoms with Crippen molar-refractivity contribution in [1.82, 2.24) is 14.8 Å². The van der Waals surface area contributed by atoms with E-state index in [1.807, 2.05) is 36.4 Å². The van der Waals surface area contributed by atoms with E-state index >= 15 is 0 Å². The number of thioether (sulfide) groups is 1. The summed E-state index contributed by atoms with van der Waals surface area (Å²) in [7, 11) is 0. The fourth-order valence-electron chi connectivity index (χ4n) is 3.19. The molecule has 0 aliphatic heterocycles. The molecule has 31 heavy (non-hydrogen) atoms. The maximum atomic E-state index is 6.08. The van der Waals surface area contributed by atoms with E-state index in [2.05, 4.69) is 65.0 Å². The molecule has 0 saturated carbocycles. The molecule has 0 amide bonds. The quantitative estimate of drug-likeness (QED) is 0.223. The van der Waals surface area contributed by atoms with Crippen molar-refractivity contribution >= 4 is 23.4 Å². The van der Waals surface area contributed by atoms with Gasteiger partial charge in [-0.05, 0) is 67.4 Å². The maximum absolute atomic E-state index is 6.08. The normalized spacial score (nSPS) is 10.9. The highest BCUT2D eigenvalue weighted by Gasteiger charge is 2.16. The first-order valence-corrected chi connectivity index (χ1v) is 11.6. The van der Waals surface area contributed by atoms with Crippen LogP contribution in [0.15, 0.2) is 78.0 Å². The molecule has 3 aromatic carbocycles. The van der Waals surface area contributed by atoms with Crippen molar-refractivity contribution in [3.63, 3.8) is 0 Å². The van der Waals surface area contributed by atoms with Crippen molar-refractivity contribution in [1.29, 1.82) is 0 Å². The van der Waals surface area contributed by atoms with Gasteiger partial charge in [0.05, 0.1) is 6.61 Å². The largest absolute Gasteiger partial charge is 0.493 e. The Morgan fingerprint density at radius 2 is 1.61 bits per heavy atom. The third-order valence-corrected chi connectivity index (χ3v) is 6.09. The van der Waals surface area contributed by atoms with Crippen LogP contribution in [0.2, 0.25) is 5.02 Å². The zero-order valence-electron chi connectivity index (χ0n) is 17.6. The second kappa shape index (κ2) is 10.0. The predicted molar refractivity (Wildman–Crippen MR) is 129 cm³/mol. The number of halogens is 1. The molecule has 0 radical (unpaired) electrons. The summed E-state index contributed by atoms with van der Waals surface area (Å²) in [5, 5.41) is 10.5. The van der Waals surface area contributed by atoms with Crippen LogP contribution in [-0.2, 0) is 6.42 Å². The zero-order valence-corrected chi connectivity index (χ0v) is 19.2. The molecule has 4 aromatic rings.